The molecule has 58 valence electrons. The number of ether oxygens (including phenoxy) is 1. The van der Waals surface area contributed by atoms with E-state index >= 15 is 0 Å². The number of thiol groups is 1. The molecule has 0 unspecified atom stereocenters. The van der Waals surface area contributed by atoms with Crippen molar-refractivity contribution in [2.24, 2.45) is 0 Å². The Bertz CT molecular complexity index is 47.4. The predicted octanol–water partition coefficient (Wildman–Crippen LogP) is 2.37. The van der Waals surface area contributed by atoms with Crippen molar-refractivity contribution in [1.82, 2.24) is 0 Å². The first-order valence-electron chi connectivity index (χ1n) is 3.15. The van der Waals surface area contributed by atoms with E-state index in [9.17, 15) is 0 Å². The van der Waals surface area contributed by atoms with Gasteiger partial charge in [-0.25, -0.2) is 0 Å². The van der Waals surface area contributed by atoms with Gasteiger partial charge in [0.25, 0.3) is 0 Å². The predicted molar refractivity (Wildman–Crippen MR) is 46.3 cm³/mol. The van der Waals surface area contributed by atoms with Gasteiger partial charge in [-0.05, 0) is 34.0 Å². The van der Waals surface area contributed by atoms with Crippen LogP contribution < -0.4 is 0 Å². The fraction of sp³-hybridized carbons (Fsp3) is 1.00. The van der Waals surface area contributed by atoms with Crippen molar-refractivity contribution >= 4 is 12.6 Å². The maximum atomic E-state index is 5.23. The summed E-state index contributed by atoms with van der Waals surface area (Å²) < 4.78 is 5.23. The third-order valence-corrected chi connectivity index (χ3v) is 0.577. The van der Waals surface area contributed by atoms with E-state index < -0.39 is 0 Å². The minimum Gasteiger partial charge on any atom is -0.376 e. The molecule has 0 radical (unpaired) electrons. The molecule has 1 nitrogen and oxygen atoms in total. The molecule has 0 aliphatic heterocycles. The second-order valence-corrected chi connectivity index (χ2v) is 2.55. The molecule has 0 spiro atoms. The van der Waals surface area contributed by atoms with E-state index in [1.54, 1.807) is 6.26 Å². The highest BCUT2D eigenvalue weighted by Crippen LogP contribution is 2.04. The smallest absolute Gasteiger partial charge is 0.0598 e. The molecule has 0 rings (SSSR count). The molecule has 0 atom stereocenters. The molecule has 0 bridgehead atoms. The van der Waals surface area contributed by atoms with Gasteiger partial charge < -0.3 is 4.74 Å². The summed E-state index contributed by atoms with van der Waals surface area (Å²) in [5.41, 5.74) is 0.0503. The molecule has 0 aromatic carbocycles. The molecule has 0 aliphatic rings. The van der Waals surface area contributed by atoms with Crippen LogP contribution >= 0.6 is 12.6 Å². The zero-order valence-corrected chi connectivity index (χ0v) is 7.96. The van der Waals surface area contributed by atoms with Gasteiger partial charge in [0.1, 0.15) is 0 Å². The van der Waals surface area contributed by atoms with Crippen molar-refractivity contribution in [2.75, 3.05) is 12.9 Å². The van der Waals surface area contributed by atoms with Gasteiger partial charge in [0.2, 0.25) is 0 Å². The molecule has 0 N–H and O–H groups in total. The maximum absolute atomic E-state index is 5.23. The molecule has 0 aromatic heterocycles. The van der Waals surface area contributed by atoms with Crippen molar-refractivity contribution in [3.8, 4) is 0 Å². The van der Waals surface area contributed by atoms with Crippen molar-refractivity contribution in [2.45, 2.75) is 33.3 Å². The standard InChI is InChI=1S/C6H14O.CH4S/c1-5-7-6(2,3)4;1-2/h5H2,1-4H3;2H,1H3. The number of rotatable bonds is 1. The second-order valence-electron chi connectivity index (χ2n) is 2.55. The van der Waals surface area contributed by atoms with Crippen LogP contribution in [0.3, 0.4) is 0 Å². The van der Waals surface area contributed by atoms with E-state index in [1.165, 1.54) is 0 Å². The van der Waals surface area contributed by atoms with Crippen LogP contribution in [0.1, 0.15) is 27.7 Å². The van der Waals surface area contributed by atoms with Crippen LogP contribution in [0.5, 0.6) is 0 Å². The highest BCUT2D eigenvalue weighted by Gasteiger charge is 2.06. The lowest BCUT2D eigenvalue weighted by Gasteiger charge is -2.17. The first-order chi connectivity index (χ1) is 4.06. The topological polar surface area (TPSA) is 9.23 Å². The molecular formula is C7H18OS. The molecule has 0 heterocycles. The fourth-order valence-electron chi connectivity index (χ4n) is 0.433. The van der Waals surface area contributed by atoms with Crippen LogP contribution in [0, 0.1) is 0 Å². The number of hydrogen-bond acceptors (Lipinski definition) is 2. The molecule has 0 saturated heterocycles. The Hall–Kier alpha value is 0.310. The zero-order valence-electron chi connectivity index (χ0n) is 7.06. The van der Waals surface area contributed by atoms with E-state index in [2.05, 4.69) is 33.4 Å². The van der Waals surface area contributed by atoms with Crippen LogP contribution in [0.15, 0.2) is 0 Å². The summed E-state index contributed by atoms with van der Waals surface area (Å²) in [6.07, 6.45) is 1.69. The highest BCUT2D eigenvalue weighted by atomic mass is 32.1. The van der Waals surface area contributed by atoms with Crippen molar-refractivity contribution in [1.29, 1.82) is 0 Å². The van der Waals surface area contributed by atoms with E-state index in [1.807, 2.05) is 6.92 Å². The summed E-state index contributed by atoms with van der Waals surface area (Å²) in [5.74, 6) is 0. The van der Waals surface area contributed by atoms with Crippen molar-refractivity contribution < 1.29 is 4.74 Å². The summed E-state index contributed by atoms with van der Waals surface area (Å²) in [4.78, 5) is 0. The van der Waals surface area contributed by atoms with E-state index in [4.69, 9.17) is 4.74 Å². The van der Waals surface area contributed by atoms with Gasteiger partial charge in [-0.2, -0.15) is 12.6 Å². The van der Waals surface area contributed by atoms with E-state index in [0.29, 0.717) is 0 Å². The Labute approximate surface area is 64.2 Å². The molecule has 0 aliphatic carbocycles. The summed E-state index contributed by atoms with van der Waals surface area (Å²) in [6.45, 7) is 8.97. The van der Waals surface area contributed by atoms with Gasteiger partial charge >= 0.3 is 0 Å². The Morgan fingerprint density at radius 3 is 1.56 bits per heavy atom. The van der Waals surface area contributed by atoms with Gasteiger partial charge in [0, 0.05) is 6.61 Å². The minimum atomic E-state index is 0.0503. The summed E-state index contributed by atoms with van der Waals surface area (Å²) in [5, 5.41) is 0. The largest absolute Gasteiger partial charge is 0.376 e. The fourth-order valence-corrected chi connectivity index (χ4v) is 0.433. The Morgan fingerprint density at radius 1 is 1.22 bits per heavy atom. The van der Waals surface area contributed by atoms with Crippen molar-refractivity contribution in [3.63, 3.8) is 0 Å². The Kier molecular flexibility index (Phi) is 8.60. The molecule has 0 saturated carbocycles. The van der Waals surface area contributed by atoms with Crippen LogP contribution in [-0.4, -0.2) is 18.5 Å². The first kappa shape index (κ1) is 12.0. The molecule has 0 amide bonds. The maximum Gasteiger partial charge on any atom is 0.0598 e. The molecule has 2 heteroatoms. The first-order valence-corrected chi connectivity index (χ1v) is 4.04. The summed E-state index contributed by atoms with van der Waals surface area (Å²) >= 11 is 3.53. The quantitative estimate of drug-likeness (QED) is 0.565. The van der Waals surface area contributed by atoms with Gasteiger partial charge in [-0.1, -0.05) is 0 Å². The molecule has 0 fully saturated rings. The monoisotopic (exact) mass is 150 g/mol. The third kappa shape index (κ3) is 17.8. The normalized spacial score (nSPS) is 10.0. The molecule has 0 aromatic rings. The Morgan fingerprint density at radius 2 is 1.56 bits per heavy atom. The summed E-state index contributed by atoms with van der Waals surface area (Å²) in [6, 6.07) is 0. The molecular weight excluding hydrogens is 132 g/mol. The van der Waals surface area contributed by atoms with Gasteiger partial charge in [-0.3, -0.25) is 0 Å². The highest BCUT2D eigenvalue weighted by molar-refractivity contribution is 7.79. The average molecular weight is 150 g/mol. The lowest BCUT2D eigenvalue weighted by Crippen LogP contribution is -2.18. The van der Waals surface area contributed by atoms with Gasteiger partial charge in [-0.15, -0.1) is 0 Å². The van der Waals surface area contributed by atoms with Crippen LogP contribution in [-0.2, 0) is 4.74 Å². The second kappa shape index (κ2) is 6.43. The van der Waals surface area contributed by atoms with Gasteiger partial charge in [0.05, 0.1) is 5.60 Å². The average Bonchev–Trinajstić information content (AvgIpc) is 1.69. The molecule has 9 heavy (non-hydrogen) atoms. The minimum absolute atomic E-state index is 0.0503. The van der Waals surface area contributed by atoms with Crippen LogP contribution in [0.2, 0.25) is 0 Å². The summed E-state index contributed by atoms with van der Waals surface area (Å²) in [7, 11) is 0. The Balaban J connectivity index is 0. The lowest BCUT2D eigenvalue weighted by atomic mass is 10.2. The van der Waals surface area contributed by atoms with Crippen LogP contribution in [0.25, 0.3) is 0 Å². The van der Waals surface area contributed by atoms with Crippen LogP contribution in [0.4, 0.5) is 0 Å². The lowest BCUT2D eigenvalue weighted by molar-refractivity contribution is 0.00532. The SMILES string of the molecule is CCOC(C)(C)C.CS. The number of hydrogen-bond donors (Lipinski definition) is 1. The van der Waals surface area contributed by atoms with E-state index in [0.717, 1.165) is 6.61 Å². The zero-order chi connectivity index (χ0) is 7.91. The van der Waals surface area contributed by atoms with E-state index in [-0.39, 0.29) is 5.60 Å². The third-order valence-electron chi connectivity index (χ3n) is 0.577. The van der Waals surface area contributed by atoms with Crippen molar-refractivity contribution in [3.05, 3.63) is 0 Å². The van der Waals surface area contributed by atoms with Gasteiger partial charge in [0.15, 0.2) is 0 Å².